The Balaban J connectivity index is 2.13. The molecule has 1 atom stereocenters. The van der Waals surface area contributed by atoms with Crippen LogP contribution in [0.1, 0.15) is 16.5 Å². The molecule has 0 aliphatic carbocycles. The van der Waals surface area contributed by atoms with E-state index in [2.05, 4.69) is 11.4 Å². The molecule has 2 rings (SSSR count). The minimum Gasteiger partial charge on any atom is -0.495 e. The lowest BCUT2D eigenvalue weighted by Gasteiger charge is -2.15. The Hall–Kier alpha value is -2.03. The van der Waals surface area contributed by atoms with Crippen LogP contribution < -0.4 is 10.1 Å². The van der Waals surface area contributed by atoms with E-state index in [-0.39, 0.29) is 0 Å². The van der Waals surface area contributed by atoms with Gasteiger partial charge in [0.2, 0.25) is 0 Å². The Morgan fingerprint density at radius 1 is 1.42 bits per heavy atom. The highest BCUT2D eigenvalue weighted by Crippen LogP contribution is 2.29. The van der Waals surface area contributed by atoms with E-state index < -0.39 is 6.10 Å². The summed E-state index contributed by atoms with van der Waals surface area (Å²) in [5.41, 5.74) is 1.11. The van der Waals surface area contributed by atoms with Crippen molar-refractivity contribution in [3.8, 4) is 11.8 Å². The SMILES string of the molecule is COc1cccc(C#N)c1NCC(O)c1cccs1. The van der Waals surface area contributed by atoms with E-state index in [9.17, 15) is 5.11 Å². The highest BCUT2D eigenvalue weighted by Gasteiger charge is 2.12. The van der Waals surface area contributed by atoms with Crippen molar-refractivity contribution in [2.24, 2.45) is 0 Å². The van der Waals surface area contributed by atoms with Gasteiger partial charge in [-0.15, -0.1) is 11.3 Å². The molecule has 2 aromatic rings. The van der Waals surface area contributed by atoms with E-state index in [4.69, 9.17) is 10.00 Å². The summed E-state index contributed by atoms with van der Waals surface area (Å²) in [5, 5.41) is 24.1. The van der Waals surface area contributed by atoms with Crippen LogP contribution in [0.2, 0.25) is 0 Å². The first kappa shape index (κ1) is 13.4. The molecule has 0 spiro atoms. The summed E-state index contributed by atoms with van der Waals surface area (Å²) in [4.78, 5) is 0.890. The predicted octanol–water partition coefficient (Wildman–Crippen LogP) is 2.77. The van der Waals surface area contributed by atoms with Crippen molar-refractivity contribution in [3.05, 3.63) is 46.2 Å². The number of hydrogen-bond donors (Lipinski definition) is 2. The largest absolute Gasteiger partial charge is 0.495 e. The molecular formula is C14H14N2O2S. The monoisotopic (exact) mass is 274 g/mol. The van der Waals surface area contributed by atoms with E-state index in [1.807, 2.05) is 17.5 Å². The molecule has 2 N–H and O–H groups in total. The molecule has 98 valence electrons. The van der Waals surface area contributed by atoms with Crippen LogP contribution in [0.3, 0.4) is 0 Å². The summed E-state index contributed by atoms with van der Waals surface area (Å²) in [6.07, 6.45) is -0.601. The topological polar surface area (TPSA) is 65.3 Å². The second kappa shape index (κ2) is 6.23. The van der Waals surface area contributed by atoms with Gasteiger partial charge < -0.3 is 15.2 Å². The van der Waals surface area contributed by atoms with E-state index in [0.717, 1.165) is 4.88 Å². The molecule has 0 bridgehead atoms. The van der Waals surface area contributed by atoms with Gasteiger partial charge in [0.05, 0.1) is 18.4 Å². The number of nitriles is 1. The van der Waals surface area contributed by atoms with Crippen LogP contribution in [0.25, 0.3) is 0 Å². The molecule has 1 unspecified atom stereocenters. The lowest BCUT2D eigenvalue weighted by atomic mass is 10.1. The Bertz CT molecular complexity index is 576. The van der Waals surface area contributed by atoms with Gasteiger partial charge in [0.25, 0.3) is 0 Å². The minimum absolute atomic E-state index is 0.329. The number of para-hydroxylation sites is 1. The first-order valence-corrected chi connectivity index (χ1v) is 6.66. The highest BCUT2D eigenvalue weighted by molar-refractivity contribution is 7.10. The van der Waals surface area contributed by atoms with Gasteiger partial charge in [0, 0.05) is 11.4 Å². The van der Waals surface area contributed by atoms with Crippen molar-refractivity contribution in [2.45, 2.75) is 6.10 Å². The fraction of sp³-hybridized carbons (Fsp3) is 0.214. The summed E-state index contributed by atoms with van der Waals surface area (Å²) >= 11 is 1.50. The Morgan fingerprint density at radius 2 is 2.26 bits per heavy atom. The van der Waals surface area contributed by atoms with Gasteiger partial charge in [0.1, 0.15) is 17.9 Å². The van der Waals surface area contributed by atoms with E-state index in [0.29, 0.717) is 23.5 Å². The second-order valence-corrected chi connectivity index (χ2v) is 4.89. The number of methoxy groups -OCH3 is 1. The molecular weight excluding hydrogens is 260 g/mol. The van der Waals surface area contributed by atoms with Crippen LogP contribution in [0.4, 0.5) is 5.69 Å². The molecule has 4 nitrogen and oxygen atoms in total. The first-order valence-electron chi connectivity index (χ1n) is 5.78. The summed E-state index contributed by atoms with van der Waals surface area (Å²) < 4.78 is 5.22. The van der Waals surface area contributed by atoms with E-state index >= 15 is 0 Å². The molecule has 1 aromatic carbocycles. The normalized spacial score (nSPS) is 11.6. The Labute approximate surface area is 115 Å². The third kappa shape index (κ3) is 3.05. The van der Waals surface area contributed by atoms with E-state index in [1.165, 1.54) is 11.3 Å². The molecule has 0 fully saturated rings. The van der Waals surface area contributed by atoms with Crippen LogP contribution in [0, 0.1) is 11.3 Å². The van der Waals surface area contributed by atoms with Crippen molar-refractivity contribution in [1.82, 2.24) is 0 Å². The number of thiophene rings is 1. The number of ether oxygens (including phenoxy) is 1. The van der Waals surface area contributed by atoms with Crippen molar-refractivity contribution in [2.75, 3.05) is 19.0 Å². The third-order valence-electron chi connectivity index (χ3n) is 2.71. The van der Waals surface area contributed by atoms with Crippen LogP contribution in [-0.4, -0.2) is 18.8 Å². The molecule has 0 aliphatic heterocycles. The zero-order chi connectivity index (χ0) is 13.7. The fourth-order valence-corrected chi connectivity index (χ4v) is 2.47. The predicted molar refractivity (Wildman–Crippen MR) is 75.5 cm³/mol. The van der Waals surface area contributed by atoms with Gasteiger partial charge in [-0.25, -0.2) is 0 Å². The van der Waals surface area contributed by atoms with Gasteiger partial charge in [0.15, 0.2) is 0 Å². The summed E-state index contributed by atoms with van der Waals surface area (Å²) in [5.74, 6) is 0.595. The number of rotatable bonds is 5. The van der Waals surface area contributed by atoms with E-state index in [1.54, 1.807) is 25.3 Å². The van der Waals surface area contributed by atoms with Crippen molar-refractivity contribution in [3.63, 3.8) is 0 Å². The first-order chi connectivity index (χ1) is 9.26. The molecule has 0 saturated heterocycles. The van der Waals surface area contributed by atoms with Crippen LogP contribution in [0.15, 0.2) is 35.7 Å². The lowest BCUT2D eigenvalue weighted by molar-refractivity contribution is 0.195. The molecule has 0 aliphatic rings. The van der Waals surface area contributed by atoms with Gasteiger partial charge in [-0.05, 0) is 23.6 Å². The van der Waals surface area contributed by atoms with Gasteiger partial charge in [-0.2, -0.15) is 5.26 Å². The van der Waals surface area contributed by atoms with Crippen LogP contribution >= 0.6 is 11.3 Å². The Morgan fingerprint density at radius 3 is 2.89 bits per heavy atom. The zero-order valence-corrected chi connectivity index (χ0v) is 11.3. The number of benzene rings is 1. The number of hydrogen-bond acceptors (Lipinski definition) is 5. The smallest absolute Gasteiger partial charge is 0.143 e. The number of nitrogens with zero attached hydrogens (tertiary/aromatic N) is 1. The molecule has 5 heteroatoms. The number of nitrogens with one attached hydrogen (secondary N) is 1. The lowest BCUT2D eigenvalue weighted by Crippen LogP contribution is -2.12. The summed E-state index contributed by atoms with van der Waals surface area (Å²) in [6.45, 7) is 0.329. The van der Waals surface area contributed by atoms with Crippen molar-refractivity contribution in [1.29, 1.82) is 5.26 Å². The molecule has 0 radical (unpaired) electrons. The summed E-state index contributed by atoms with van der Waals surface area (Å²) in [7, 11) is 1.55. The molecule has 1 aromatic heterocycles. The summed E-state index contributed by atoms with van der Waals surface area (Å²) in [6, 6.07) is 11.1. The second-order valence-electron chi connectivity index (χ2n) is 3.91. The maximum absolute atomic E-state index is 10.0. The minimum atomic E-state index is -0.601. The molecule has 0 amide bonds. The average molecular weight is 274 g/mol. The maximum Gasteiger partial charge on any atom is 0.143 e. The molecule has 1 heterocycles. The van der Waals surface area contributed by atoms with Crippen molar-refractivity contribution >= 4 is 17.0 Å². The van der Waals surface area contributed by atoms with Gasteiger partial charge >= 0.3 is 0 Å². The molecule has 19 heavy (non-hydrogen) atoms. The molecule has 0 saturated carbocycles. The quantitative estimate of drug-likeness (QED) is 0.880. The van der Waals surface area contributed by atoms with Crippen LogP contribution in [-0.2, 0) is 0 Å². The highest BCUT2D eigenvalue weighted by atomic mass is 32.1. The number of anilines is 1. The maximum atomic E-state index is 10.0. The zero-order valence-electron chi connectivity index (χ0n) is 10.5. The fourth-order valence-electron chi connectivity index (χ4n) is 1.76. The Kier molecular flexibility index (Phi) is 4.39. The number of aliphatic hydroxyl groups is 1. The number of aliphatic hydroxyl groups excluding tert-OH is 1. The van der Waals surface area contributed by atoms with Crippen molar-refractivity contribution < 1.29 is 9.84 Å². The standard InChI is InChI=1S/C14H14N2O2S/c1-18-12-5-2-4-10(8-15)14(12)16-9-11(17)13-6-3-7-19-13/h2-7,11,16-17H,9H2,1H3. The third-order valence-corrected chi connectivity index (χ3v) is 3.68. The van der Waals surface area contributed by atoms with Gasteiger partial charge in [-0.1, -0.05) is 12.1 Å². The average Bonchev–Trinajstić information content (AvgIpc) is 2.98. The van der Waals surface area contributed by atoms with Gasteiger partial charge in [-0.3, -0.25) is 0 Å². The van der Waals surface area contributed by atoms with Crippen LogP contribution in [0.5, 0.6) is 5.75 Å².